The number of thioether (sulfide) groups is 1. The van der Waals surface area contributed by atoms with Gasteiger partial charge in [-0.15, -0.1) is 0 Å². The number of furan rings is 1. The van der Waals surface area contributed by atoms with Gasteiger partial charge in [-0.05, 0) is 26.0 Å². The first-order valence-electron chi connectivity index (χ1n) is 5.57. The van der Waals surface area contributed by atoms with Crippen LogP contribution in [0.3, 0.4) is 0 Å². The molecular weight excluding hydrogens is 238 g/mol. The second kappa shape index (κ2) is 6.71. The van der Waals surface area contributed by atoms with Crippen LogP contribution in [0.25, 0.3) is 0 Å². The Kier molecular flexibility index (Phi) is 5.58. The van der Waals surface area contributed by atoms with E-state index in [1.165, 1.54) is 7.11 Å². The van der Waals surface area contributed by atoms with Crippen molar-refractivity contribution in [3.8, 4) is 0 Å². The first-order valence-corrected chi connectivity index (χ1v) is 6.62. The predicted octanol–water partition coefficient (Wildman–Crippen LogP) is 2.35. The van der Waals surface area contributed by atoms with Crippen LogP contribution in [0, 0.1) is 6.92 Å². The fraction of sp³-hybridized carbons (Fsp3) is 0.583. The lowest BCUT2D eigenvalue weighted by Gasteiger charge is -2.07. The zero-order valence-electron chi connectivity index (χ0n) is 10.5. The van der Waals surface area contributed by atoms with Gasteiger partial charge in [-0.3, -0.25) is 0 Å². The summed E-state index contributed by atoms with van der Waals surface area (Å²) in [4.78, 5) is 11.4. The third-order valence-corrected chi connectivity index (χ3v) is 3.71. The van der Waals surface area contributed by atoms with Gasteiger partial charge in [0.15, 0.2) is 0 Å². The summed E-state index contributed by atoms with van der Waals surface area (Å²) in [5, 5.41) is 0.493. The molecule has 0 amide bonds. The highest BCUT2D eigenvalue weighted by atomic mass is 32.2. The molecule has 0 fully saturated rings. The molecule has 0 aromatic carbocycles. The molecule has 0 aliphatic carbocycles. The van der Waals surface area contributed by atoms with Crippen molar-refractivity contribution in [2.75, 3.05) is 13.7 Å². The van der Waals surface area contributed by atoms with Crippen molar-refractivity contribution in [3.63, 3.8) is 0 Å². The Morgan fingerprint density at radius 2 is 2.35 bits per heavy atom. The molecule has 0 radical (unpaired) electrons. The van der Waals surface area contributed by atoms with Crippen LogP contribution in [-0.4, -0.2) is 24.9 Å². The molecule has 0 spiro atoms. The third kappa shape index (κ3) is 4.09. The average molecular weight is 257 g/mol. The summed E-state index contributed by atoms with van der Waals surface area (Å²) in [6, 6.07) is 1.75. The zero-order chi connectivity index (χ0) is 12.8. The van der Waals surface area contributed by atoms with Crippen molar-refractivity contribution in [1.29, 1.82) is 0 Å². The smallest absolute Gasteiger partial charge is 0.341 e. The van der Waals surface area contributed by atoms with Crippen molar-refractivity contribution < 1.29 is 13.9 Å². The molecule has 1 heterocycles. The number of nitrogens with two attached hydrogens (primary N) is 1. The van der Waals surface area contributed by atoms with Gasteiger partial charge in [0.2, 0.25) is 0 Å². The van der Waals surface area contributed by atoms with Gasteiger partial charge in [-0.1, -0.05) is 6.92 Å². The molecule has 0 aliphatic heterocycles. The summed E-state index contributed by atoms with van der Waals surface area (Å²) in [6.45, 7) is 4.59. The van der Waals surface area contributed by atoms with Gasteiger partial charge < -0.3 is 14.9 Å². The standard InChI is InChI=1S/C12H19NO3S/c1-8(4-5-13)17-7-10-6-11(9(2)16-10)12(14)15-3/h6,8H,4-5,7,13H2,1-3H3. The number of aryl methyl sites for hydroxylation is 1. The first-order chi connectivity index (χ1) is 8.08. The minimum Gasteiger partial charge on any atom is -0.465 e. The maximum absolute atomic E-state index is 11.4. The van der Waals surface area contributed by atoms with Crippen LogP contribution in [-0.2, 0) is 10.5 Å². The highest BCUT2D eigenvalue weighted by Gasteiger charge is 2.15. The molecule has 4 nitrogen and oxygen atoms in total. The molecule has 1 aromatic rings. The lowest BCUT2D eigenvalue weighted by atomic mass is 10.2. The highest BCUT2D eigenvalue weighted by Crippen LogP contribution is 2.23. The number of hydrogen-bond acceptors (Lipinski definition) is 5. The lowest BCUT2D eigenvalue weighted by molar-refractivity contribution is 0.0599. The van der Waals surface area contributed by atoms with Gasteiger partial charge in [0.05, 0.1) is 12.9 Å². The highest BCUT2D eigenvalue weighted by molar-refractivity contribution is 7.99. The third-order valence-electron chi connectivity index (χ3n) is 2.46. The van der Waals surface area contributed by atoms with Crippen molar-refractivity contribution in [3.05, 3.63) is 23.2 Å². The van der Waals surface area contributed by atoms with E-state index in [0.29, 0.717) is 23.1 Å². The molecule has 0 bridgehead atoms. The normalized spacial score (nSPS) is 12.5. The second-order valence-electron chi connectivity index (χ2n) is 3.87. The van der Waals surface area contributed by atoms with Gasteiger partial charge in [-0.25, -0.2) is 4.79 Å². The monoisotopic (exact) mass is 257 g/mol. The summed E-state index contributed by atoms with van der Waals surface area (Å²) in [6.07, 6.45) is 0.980. The van der Waals surface area contributed by atoms with Gasteiger partial charge in [-0.2, -0.15) is 11.8 Å². The Balaban J connectivity index is 2.58. The molecule has 0 saturated heterocycles. The van der Waals surface area contributed by atoms with E-state index in [1.54, 1.807) is 24.8 Å². The van der Waals surface area contributed by atoms with Crippen LogP contribution < -0.4 is 5.73 Å². The summed E-state index contributed by atoms with van der Waals surface area (Å²) < 4.78 is 10.2. The number of esters is 1. The first kappa shape index (κ1) is 14.1. The van der Waals surface area contributed by atoms with E-state index in [1.807, 2.05) is 0 Å². The number of methoxy groups -OCH3 is 1. The van der Waals surface area contributed by atoms with E-state index in [9.17, 15) is 4.79 Å². The minimum atomic E-state index is -0.350. The summed E-state index contributed by atoms with van der Waals surface area (Å²) in [5.41, 5.74) is 6.00. The Bertz CT molecular complexity index is 376. The lowest BCUT2D eigenvalue weighted by Crippen LogP contribution is -2.07. The Morgan fingerprint density at radius 1 is 1.65 bits per heavy atom. The van der Waals surface area contributed by atoms with Gasteiger partial charge in [0, 0.05) is 5.25 Å². The Hall–Kier alpha value is -0.940. The minimum absolute atomic E-state index is 0.350. The van der Waals surface area contributed by atoms with Crippen molar-refractivity contribution in [2.45, 2.75) is 31.3 Å². The van der Waals surface area contributed by atoms with Gasteiger partial charge >= 0.3 is 5.97 Å². The molecule has 1 aromatic heterocycles. The van der Waals surface area contributed by atoms with Crippen LogP contribution in [0.4, 0.5) is 0 Å². The van der Waals surface area contributed by atoms with E-state index in [-0.39, 0.29) is 5.97 Å². The van der Waals surface area contributed by atoms with E-state index in [4.69, 9.17) is 10.2 Å². The maximum atomic E-state index is 11.4. The van der Waals surface area contributed by atoms with Crippen LogP contribution >= 0.6 is 11.8 Å². The van der Waals surface area contributed by atoms with Crippen molar-refractivity contribution in [1.82, 2.24) is 0 Å². The summed E-state index contributed by atoms with van der Waals surface area (Å²) in [5.74, 6) is 1.81. The average Bonchev–Trinajstić information content (AvgIpc) is 2.67. The van der Waals surface area contributed by atoms with Gasteiger partial charge in [0.25, 0.3) is 0 Å². The van der Waals surface area contributed by atoms with E-state index in [0.717, 1.165) is 17.9 Å². The molecule has 5 heteroatoms. The van der Waals surface area contributed by atoms with Crippen LogP contribution in [0.2, 0.25) is 0 Å². The molecular formula is C12H19NO3S. The van der Waals surface area contributed by atoms with Crippen LogP contribution in [0.1, 0.15) is 35.2 Å². The Labute approximate surface area is 106 Å². The van der Waals surface area contributed by atoms with Crippen molar-refractivity contribution >= 4 is 17.7 Å². The molecule has 96 valence electrons. The maximum Gasteiger partial charge on any atom is 0.341 e. The molecule has 1 atom stereocenters. The van der Waals surface area contributed by atoms with E-state index in [2.05, 4.69) is 11.7 Å². The quantitative estimate of drug-likeness (QED) is 0.792. The number of carbonyl (C=O) groups is 1. The summed E-state index contributed by atoms with van der Waals surface area (Å²) in [7, 11) is 1.37. The topological polar surface area (TPSA) is 65.5 Å². The number of hydrogen-bond donors (Lipinski definition) is 1. The zero-order valence-corrected chi connectivity index (χ0v) is 11.3. The fourth-order valence-electron chi connectivity index (χ4n) is 1.47. The SMILES string of the molecule is COC(=O)c1cc(CSC(C)CCN)oc1C. The van der Waals surface area contributed by atoms with Crippen LogP contribution in [0.15, 0.2) is 10.5 Å². The molecule has 0 aliphatic rings. The van der Waals surface area contributed by atoms with Crippen molar-refractivity contribution in [2.24, 2.45) is 5.73 Å². The fourth-order valence-corrected chi connectivity index (χ4v) is 2.36. The number of rotatable bonds is 6. The van der Waals surface area contributed by atoms with Crippen LogP contribution in [0.5, 0.6) is 0 Å². The van der Waals surface area contributed by atoms with E-state index < -0.39 is 0 Å². The number of ether oxygens (including phenoxy) is 1. The molecule has 0 saturated carbocycles. The predicted molar refractivity (Wildman–Crippen MR) is 69.2 cm³/mol. The number of carbonyl (C=O) groups excluding carboxylic acids is 1. The van der Waals surface area contributed by atoms with Gasteiger partial charge in [0.1, 0.15) is 17.1 Å². The molecule has 1 rings (SSSR count). The molecule has 2 N–H and O–H groups in total. The largest absolute Gasteiger partial charge is 0.465 e. The van der Waals surface area contributed by atoms with E-state index >= 15 is 0 Å². The molecule has 17 heavy (non-hydrogen) atoms. The Morgan fingerprint density at radius 3 is 2.94 bits per heavy atom. The summed E-state index contributed by atoms with van der Waals surface area (Å²) >= 11 is 1.77. The second-order valence-corrected chi connectivity index (χ2v) is 5.30. The molecule has 1 unspecified atom stereocenters.